The molecule has 0 radical (unpaired) electrons. The second kappa shape index (κ2) is 6.71. The van der Waals surface area contributed by atoms with Gasteiger partial charge in [-0.2, -0.15) is 0 Å². The third-order valence-electron chi connectivity index (χ3n) is 3.38. The summed E-state index contributed by atoms with van der Waals surface area (Å²) in [7, 11) is 1.38. The molecule has 0 aliphatic heterocycles. The maximum atomic E-state index is 11.8. The molecule has 2 aromatic rings. The van der Waals surface area contributed by atoms with E-state index in [1.165, 1.54) is 12.7 Å². The number of rotatable bonds is 4. The van der Waals surface area contributed by atoms with Crippen molar-refractivity contribution in [2.24, 2.45) is 0 Å². The van der Waals surface area contributed by atoms with Gasteiger partial charge in [-0.15, -0.1) is 0 Å². The highest BCUT2D eigenvalue weighted by molar-refractivity contribution is 5.95. The first kappa shape index (κ1) is 14.8. The average Bonchev–Trinajstić information content (AvgIpc) is 2.52. The molecule has 0 fully saturated rings. The Morgan fingerprint density at radius 2 is 1.71 bits per heavy atom. The van der Waals surface area contributed by atoms with Crippen molar-refractivity contribution in [1.29, 1.82) is 0 Å². The highest BCUT2D eigenvalue weighted by Gasteiger charge is 2.11. The van der Waals surface area contributed by atoms with Crippen LogP contribution in [0.15, 0.2) is 49.0 Å². The monoisotopic (exact) mass is 278 g/mol. The zero-order valence-electron chi connectivity index (χ0n) is 12.3. The minimum Gasteiger partial charge on any atom is -0.465 e. The Kier molecular flexibility index (Phi) is 4.72. The summed E-state index contributed by atoms with van der Waals surface area (Å²) in [6.45, 7) is 5.87. The van der Waals surface area contributed by atoms with Gasteiger partial charge in [-0.25, -0.2) is 4.79 Å². The molecule has 0 spiro atoms. The zero-order valence-corrected chi connectivity index (χ0v) is 12.3. The van der Waals surface area contributed by atoms with Crippen molar-refractivity contribution in [2.75, 3.05) is 7.11 Å². The van der Waals surface area contributed by atoms with Crippen LogP contribution in [0.1, 0.15) is 32.6 Å². The van der Waals surface area contributed by atoms with Crippen LogP contribution in [0, 0.1) is 6.92 Å². The van der Waals surface area contributed by atoms with Crippen LogP contribution in [0.2, 0.25) is 0 Å². The van der Waals surface area contributed by atoms with Gasteiger partial charge in [0.05, 0.1) is 12.7 Å². The summed E-state index contributed by atoms with van der Waals surface area (Å²) in [5, 5.41) is 0. The fourth-order valence-corrected chi connectivity index (χ4v) is 2.20. The molecule has 0 amide bonds. The van der Waals surface area contributed by atoms with Crippen LogP contribution in [0.5, 0.6) is 0 Å². The van der Waals surface area contributed by atoms with Gasteiger partial charge in [-0.3, -0.25) is 0 Å². The number of hydrogen-bond acceptors (Lipinski definition) is 2. The number of carbonyl (C=O) groups is 1. The largest absolute Gasteiger partial charge is 0.465 e. The van der Waals surface area contributed by atoms with E-state index in [-0.39, 0.29) is 5.97 Å². The van der Waals surface area contributed by atoms with Gasteiger partial charge in [-0.1, -0.05) is 61.2 Å². The molecule has 21 heavy (non-hydrogen) atoms. The van der Waals surface area contributed by atoms with E-state index in [9.17, 15) is 4.79 Å². The number of esters is 1. The zero-order chi connectivity index (χ0) is 15.2. The van der Waals surface area contributed by atoms with Gasteiger partial charge in [0.2, 0.25) is 0 Å². The van der Waals surface area contributed by atoms with Crippen LogP contribution >= 0.6 is 0 Å². The van der Waals surface area contributed by atoms with Gasteiger partial charge >= 0.3 is 5.97 Å². The van der Waals surface area contributed by atoms with Gasteiger partial charge in [0.15, 0.2) is 0 Å². The van der Waals surface area contributed by atoms with E-state index in [0.717, 1.165) is 16.7 Å². The molecule has 0 aromatic heterocycles. The maximum Gasteiger partial charge on any atom is 0.338 e. The summed E-state index contributed by atoms with van der Waals surface area (Å²) in [5.74, 6) is -0.351. The number of ether oxygens (including phenoxy) is 1. The smallest absolute Gasteiger partial charge is 0.338 e. The highest BCUT2D eigenvalue weighted by Crippen LogP contribution is 2.20. The molecule has 2 rings (SSSR count). The average molecular weight is 278 g/mol. The van der Waals surface area contributed by atoms with Crippen molar-refractivity contribution in [2.45, 2.75) is 6.92 Å². The summed E-state index contributed by atoms with van der Waals surface area (Å²) < 4.78 is 4.80. The first-order valence-electron chi connectivity index (χ1n) is 6.75. The fraction of sp³-hybridized carbons (Fsp3) is 0.105. The van der Waals surface area contributed by atoms with Crippen molar-refractivity contribution in [3.63, 3.8) is 0 Å². The lowest BCUT2D eigenvalue weighted by Gasteiger charge is -2.07. The van der Waals surface area contributed by atoms with E-state index in [1.54, 1.807) is 12.1 Å². The van der Waals surface area contributed by atoms with Gasteiger partial charge in [0.1, 0.15) is 0 Å². The summed E-state index contributed by atoms with van der Waals surface area (Å²) in [4.78, 5) is 11.8. The predicted molar refractivity (Wildman–Crippen MR) is 88.0 cm³/mol. The molecule has 0 atom stereocenters. The summed E-state index contributed by atoms with van der Waals surface area (Å²) >= 11 is 0. The number of aryl methyl sites for hydroxylation is 1. The normalized spacial score (nSPS) is 10.6. The molecular formula is C19H18O2. The molecule has 2 nitrogen and oxygen atoms in total. The quantitative estimate of drug-likeness (QED) is 0.603. The van der Waals surface area contributed by atoms with Crippen LogP contribution in [-0.2, 0) is 4.74 Å². The highest BCUT2D eigenvalue weighted by atomic mass is 16.5. The Morgan fingerprint density at radius 1 is 1.05 bits per heavy atom. The number of carbonyl (C=O) groups excluding carboxylic acids is 1. The minimum atomic E-state index is -0.351. The molecule has 0 unspecified atom stereocenters. The molecular weight excluding hydrogens is 260 g/mol. The van der Waals surface area contributed by atoms with E-state index in [2.05, 4.69) is 25.6 Å². The molecule has 0 bridgehead atoms. The lowest BCUT2D eigenvalue weighted by molar-refractivity contribution is 0.0600. The van der Waals surface area contributed by atoms with Crippen molar-refractivity contribution in [3.8, 4) is 0 Å². The summed E-state index contributed by atoms with van der Waals surface area (Å²) in [6.07, 6.45) is 5.72. The molecule has 2 heteroatoms. The van der Waals surface area contributed by atoms with E-state index < -0.39 is 0 Å². The van der Waals surface area contributed by atoms with Crippen molar-refractivity contribution >= 4 is 24.2 Å². The van der Waals surface area contributed by atoms with E-state index in [0.29, 0.717) is 5.56 Å². The van der Waals surface area contributed by atoms with Crippen LogP contribution in [0.25, 0.3) is 18.2 Å². The number of hydrogen-bond donors (Lipinski definition) is 0. The van der Waals surface area contributed by atoms with Crippen molar-refractivity contribution < 1.29 is 9.53 Å². The SMILES string of the molecule is C=Cc1c(C=Cc2ccccc2C)cccc1C(=O)OC. The lowest BCUT2D eigenvalue weighted by Crippen LogP contribution is -2.04. The second-order valence-electron chi connectivity index (χ2n) is 4.69. The van der Waals surface area contributed by atoms with Crippen LogP contribution in [0.4, 0.5) is 0 Å². The summed E-state index contributed by atoms with van der Waals surface area (Å²) in [5.41, 5.74) is 4.61. The van der Waals surface area contributed by atoms with Crippen LogP contribution in [-0.4, -0.2) is 13.1 Å². The van der Waals surface area contributed by atoms with Gasteiger partial charge < -0.3 is 4.74 Å². The lowest BCUT2D eigenvalue weighted by atomic mass is 9.99. The van der Waals surface area contributed by atoms with Crippen LogP contribution < -0.4 is 0 Å². The van der Waals surface area contributed by atoms with Gasteiger partial charge in [0.25, 0.3) is 0 Å². The minimum absolute atomic E-state index is 0.351. The Morgan fingerprint density at radius 3 is 2.38 bits per heavy atom. The number of benzene rings is 2. The van der Waals surface area contributed by atoms with Crippen molar-refractivity contribution in [1.82, 2.24) is 0 Å². The first-order valence-corrected chi connectivity index (χ1v) is 6.75. The number of methoxy groups -OCH3 is 1. The Bertz CT molecular complexity index is 696. The van der Waals surface area contributed by atoms with E-state index in [1.807, 2.05) is 36.4 Å². The van der Waals surface area contributed by atoms with E-state index in [4.69, 9.17) is 4.74 Å². The molecule has 0 N–H and O–H groups in total. The fourth-order valence-electron chi connectivity index (χ4n) is 2.20. The first-order chi connectivity index (χ1) is 10.2. The summed E-state index contributed by atoms with van der Waals surface area (Å²) in [6, 6.07) is 13.7. The van der Waals surface area contributed by atoms with Gasteiger partial charge in [-0.05, 0) is 35.2 Å². The molecule has 2 aromatic carbocycles. The standard InChI is InChI=1S/C19H18O2/c1-4-17-16(10-7-11-18(17)19(20)21-3)13-12-15-9-6-5-8-14(15)2/h4-13H,1H2,2-3H3. The third-order valence-corrected chi connectivity index (χ3v) is 3.38. The van der Waals surface area contributed by atoms with E-state index >= 15 is 0 Å². The molecule has 0 aliphatic carbocycles. The van der Waals surface area contributed by atoms with Crippen LogP contribution in [0.3, 0.4) is 0 Å². The second-order valence-corrected chi connectivity index (χ2v) is 4.69. The Labute approximate surface area is 125 Å². The third kappa shape index (κ3) is 3.29. The molecule has 0 heterocycles. The predicted octanol–water partition coefficient (Wildman–Crippen LogP) is 4.60. The topological polar surface area (TPSA) is 26.3 Å². The molecule has 0 aliphatic rings. The Hall–Kier alpha value is -2.61. The Balaban J connectivity index is 2.43. The van der Waals surface area contributed by atoms with Crippen molar-refractivity contribution in [3.05, 3.63) is 76.9 Å². The molecule has 106 valence electrons. The van der Waals surface area contributed by atoms with Gasteiger partial charge in [0, 0.05) is 0 Å². The molecule has 0 saturated heterocycles. The molecule has 0 saturated carbocycles. The maximum absolute atomic E-state index is 11.8.